The predicted molar refractivity (Wildman–Crippen MR) is 239 cm³/mol. The lowest BCUT2D eigenvalue weighted by Crippen LogP contribution is -2.47. The first-order valence-corrected chi connectivity index (χ1v) is 26.4. The molecule has 376 valence electrons. The molecule has 5 unspecified atom stereocenters. The molecule has 5 atom stereocenters. The van der Waals surface area contributed by atoms with Gasteiger partial charge in [-0.15, -0.1) is 5.06 Å². The second-order valence-electron chi connectivity index (χ2n) is 15.5. The highest BCUT2D eigenvalue weighted by molar-refractivity contribution is 8.76. The number of nitrogens with one attached hydrogen (secondary N) is 6. The van der Waals surface area contributed by atoms with Gasteiger partial charge in [-0.2, -0.15) is 20.2 Å². The molecule has 22 nitrogen and oxygen atoms in total. The van der Waals surface area contributed by atoms with Crippen molar-refractivity contribution < 1.29 is 73.7 Å². The van der Waals surface area contributed by atoms with E-state index >= 15 is 0 Å². The van der Waals surface area contributed by atoms with E-state index in [4.69, 9.17) is 10.1 Å². The van der Waals surface area contributed by atoms with Crippen LogP contribution in [0.5, 0.6) is 0 Å². The topological polar surface area (TPSA) is 324 Å². The number of carbonyl (C=O) groups is 8. The molecular weight excluding hydrogens is 993 g/mol. The molecule has 8 amide bonds. The summed E-state index contributed by atoms with van der Waals surface area (Å²) in [5, 5.41) is 16.8. The molecule has 3 heterocycles. The molecule has 30 heteroatoms. The van der Waals surface area contributed by atoms with E-state index in [-0.39, 0.29) is 91.7 Å². The van der Waals surface area contributed by atoms with Crippen molar-refractivity contribution in [3.63, 3.8) is 0 Å². The summed E-state index contributed by atoms with van der Waals surface area (Å²) in [6.45, 7) is 0.550. The molecule has 0 radical (unpaired) electrons. The van der Waals surface area contributed by atoms with Crippen molar-refractivity contribution in [3.8, 4) is 0 Å². The van der Waals surface area contributed by atoms with Crippen LogP contribution in [0.4, 0.5) is 28.0 Å². The molecule has 3 aliphatic rings. The first kappa shape index (κ1) is 55.6. The third kappa shape index (κ3) is 16.6. The lowest BCUT2D eigenvalue weighted by Gasteiger charge is -2.19. The van der Waals surface area contributed by atoms with Crippen LogP contribution in [0.15, 0.2) is 5.11 Å². The van der Waals surface area contributed by atoms with Crippen LogP contribution in [0.3, 0.4) is 0 Å². The fourth-order valence-electron chi connectivity index (χ4n) is 7.06. The zero-order valence-corrected chi connectivity index (χ0v) is 39.5. The normalized spacial score (nSPS) is 19.1. The first-order valence-electron chi connectivity index (χ1n) is 21.3. The number of rotatable bonds is 29. The lowest BCUT2D eigenvalue weighted by atomic mass is 10.0. The largest absolute Gasteiger partial charge is 0.356 e. The molecule has 0 saturated carbocycles. The van der Waals surface area contributed by atoms with Crippen LogP contribution in [0.25, 0.3) is 10.4 Å². The second kappa shape index (κ2) is 27.2. The number of thioether (sulfide) groups is 1. The van der Waals surface area contributed by atoms with Gasteiger partial charge in [0, 0.05) is 59.9 Å². The first-order chi connectivity index (χ1) is 32.3. The molecule has 0 spiro atoms. The highest BCUT2D eigenvalue weighted by Gasteiger charge is 2.48. The number of hydrogen-bond donors (Lipinski definition) is 7. The van der Waals surface area contributed by atoms with E-state index in [9.17, 15) is 64.3 Å². The molecule has 3 aliphatic heterocycles. The van der Waals surface area contributed by atoms with E-state index < -0.39 is 91.9 Å². The third-order valence-electron chi connectivity index (χ3n) is 10.5. The molecule has 0 aromatic heterocycles. The Morgan fingerprint density at radius 3 is 2.12 bits per heavy atom. The quantitative estimate of drug-likeness (QED) is 0.00578. The number of benzene rings is 1. The maximum absolute atomic E-state index is 14.8. The number of carbonyl (C=O) groups excluding carboxylic acids is 8. The average Bonchev–Trinajstić information content (AvgIpc) is 3.94. The maximum Gasteiger partial charge on any atom is 0.334 e. The Labute approximate surface area is 399 Å². The predicted octanol–water partition coefficient (Wildman–Crippen LogP) is 3.33. The van der Waals surface area contributed by atoms with E-state index in [0.29, 0.717) is 37.5 Å². The number of nitrogens with zero attached hydrogens (tertiary/aromatic N) is 4. The fraction of sp³-hybridized carbons (Fsp3) is 0.632. The number of unbranched alkanes of at least 4 members (excludes halogenated alkanes) is 4. The standard InChI is InChI=1S/C38H50F4N10O12S4/c39-29-28(30(40)32(42)34(31(29)41)50-51-43)36(58)47-20(35(57)46-15-17-67-66-16-12-27(56)64-52-26(55)18-23(37(52)59)68(61,62)63)8-5-7-14-45-24(53)10-2-1-6-13-44-25(54)11-4-3-9-22-33-21(19-65-22)48-38(60)49-33/h20-23,33H,1-19H2,(H,44,54)(H,45,53)(H,46,57)(H,47,58)(H2,48,49,60)(H,61,62,63). The van der Waals surface area contributed by atoms with Crippen LogP contribution < -0.4 is 31.9 Å². The number of halogens is 4. The van der Waals surface area contributed by atoms with Crippen LogP contribution in [0, 0.1) is 23.3 Å². The Hall–Kier alpha value is -5.03. The van der Waals surface area contributed by atoms with Crippen molar-refractivity contribution in [2.45, 2.75) is 112 Å². The van der Waals surface area contributed by atoms with Gasteiger partial charge in [-0.05, 0) is 50.5 Å². The van der Waals surface area contributed by atoms with Crippen LogP contribution >= 0.6 is 33.3 Å². The van der Waals surface area contributed by atoms with Gasteiger partial charge in [0.05, 0.1) is 24.9 Å². The number of azide groups is 1. The summed E-state index contributed by atoms with van der Waals surface area (Å²) in [7, 11) is -2.69. The smallest absolute Gasteiger partial charge is 0.334 e. The van der Waals surface area contributed by atoms with E-state index in [0.717, 1.165) is 46.6 Å². The Kier molecular flexibility index (Phi) is 22.3. The van der Waals surface area contributed by atoms with Gasteiger partial charge in [0.25, 0.3) is 27.8 Å². The number of urea groups is 1. The summed E-state index contributed by atoms with van der Waals surface area (Å²) in [6.07, 6.45) is 4.04. The minimum atomic E-state index is -4.90. The number of fused-ring (bicyclic) bond motifs is 1. The van der Waals surface area contributed by atoms with Gasteiger partial charge in [-0.25, -0.2) is 27.2 Å². The SMILES string of the molecule is [N-]=[N+]=Nc1c(F)c(F)c(C(=O)NC(CCCCNC(=O)CCCCCNC(=O)CCCCC2SCC3NC(=O)NC32)C(=O)NCCSSCCC(=O)ON2C(=O)CC(S(=O)(=O)O)C2=O)c(F)c1F. The number of hydroxylamine groups is 2. The van der Waals surface area contributed by atoms with Crippen molar-refractivity contribution in [2.75, 3.05) is 36.9 Å². The monoisotopic (exact) mass is 1040 g/mol. The van der Waals surface area contributed by atoms with Gasteiger partial charge in [-0.3, -0.25) is 33.3 Å². The van der Waals surface area contributed by atoms with Crippen LogP contribution in [-0.2, 0) is 43.7 Å². The minimum absolute atomic E-state index is 0.0320. The molecule has 1 aromatic carbocycles. The summed E-state index contributed by atoms with van der Waals surface area (Å²) in [5.41, 5.74) is 5.14. The molecular formula is C38H50F4N10O12S4. The lowest BCUT2D eigenvalue weighted by molar-refractivity contribution is -0.197. The summed E-state index contributed by atoms with van der Waals surface area (Å²) in [4.78, 5) is 105. The Morgan fingerprint density at radius 1 is 0.853 bits per heavy atom. The van der Waals surface area contributed by atoms with Gasteiger partial charge >= 0.3 is 12.0 Å². The summed E-state index contributed by atoms with van der Waals surface area (Å²) in [5.74, 6) is -14.0. The molecule has 1 aromatic rings. The van der Waals surface area contributed by atoms with E-state index in [2.05, 4.69) is 46.8 Å². The molecule has 4 rings (SSSR count). The number of hydrogen-bond acceptors (Lipinski definition) is 15. The zero-order valence-electron chi connectivity index (χ0n) is 36.2. The van der Waals surface area contributed by atoms with Crippen molar-refractivity contribution >= 4 is 96.6 Å². The minimum Gasteiger partial charge on any atom is -0.356 e. The molecule has 3 fully saturated rings. The van der Waals surface area contributed by atoms with Gasteiger partial charge in [0.15, 0.2) is 28.5 Å². The van der Waals surface area contributed by atoms with E-state index in [1.54, 1.807) is 0 Å². The zero-order chi connectivity index (χ0) is 50.0. The Bertz CT molecular complexity index is 2200. The molecule has 3 saturated heterocycles. The Morgan fingerprint density at radius 2 is 1.49 bits per heavy atom. The molecule has 7 N–H and O–H groups in total. The van der Waals surface area contributed by atoms with Gasteiger partial charge in [-0.1, -0.05) is 39.5 Å². The average molecular weight is 1040 g/mol. The van der Waals surface area contributed by atoms with Crippen molar-refractivity contribution in [3.05, 3.63) is 39.3 Å². The Balaban J connectivity index is 1.14. The highest BCUT2D eigenvalue weighted by atomic mass is 33.1. The van der Waals surface area contributed by atoms with Crippen LogP contribution in [0.1, 0.15) is 93.8 Å². The van der Waals surface area contributed by atoms with Crippen molar-refractivity contribution in [1.82, 2.24) is 37.0 Å². The van der Waals surface area contributed by atoms with E-state index in [1.807, 2.05) is 11.8 Å². The van der Waals surface area contributed by atoms with Gasteiger partial charge in [0.2, 0.25) is 17.7 Å². The fourth-order valence-corrected chi connectivity index (χ4v) is 11.2. The summed E-state index contributed by atoms with van der Waals surface area (Å²) < 4.78 is 90.0. The third-order valence-corrected chi connectivity index (χ3v) is 15.5. The van der Waals surface area contributed by atoms with Crippen LogP contribution in [-0.4, -0.2) is 131 Å². The molecule has 68 heavy (non-hydrogen) atoms. The number of imide groups is 1. The number of amides is 8. The summed E-state index contributed by atoms with van der Waals surface area (Å²) in [6, 6.07) is -1.35. The summed E-state index contributed by atoms with van der Waals surface area (Å²) >= 11 is 1.83. The van der Waals surface area contributed by atoms with Gasteiger partial charge < -0.3 is 36.7 Å². The second-order valence-corrected chi connectivity index (χ2v) is 21.0. The molecule has 0 aliphatic carbocycles. The van der Waals surface area contributed by atoms with Gasteiger partial charge in [0.1, 0.15) is 17.3 Å². The van der Waals surface area contributed by atoms with Crippen molar-refractivity contribution in [2.24, 2.45) is 5.11 Å². The van der Waals surface area contributed by atoms with Crippen molar-refractivity contribution in [1.29, 1.82) is 0 Å². The molecule has 0 bridgehead atoms. The maximum atomic E-state index is 14.8. The van der Waals surface area contributed by atoms with E-state index in [1.165, 1.54) is 0 Å². The van der Waals surface area contributed by atoms with Crippen LogP contribution in [0.2, 0.25) is 0 Å². The highest BCUT2D eigenvalue weighted by Crippen LogP contribution is 2.34.